The Balaban J connectivity index is 1.38. The van der Waals surface area contributed by atoms with Crippen LogP contribution in [-0.4, -0.2) is 53.8 Å². The minimum atomic E-state index is -1.03. The monoisotopic (exact) mass is 456 g/mol. The van der Waals surface area contributed by atoms with Crippen LogP contribution in [0.4, 0.5) is 4.79 Å². The van der Waals surface area contributed by atoms with Crippen molar-refractivity contribution in [3.8, 4) is 11.1 Å². The molecule has 1 atom stereocenters. The predicted octanol–water partition coefficient (Wildman–Crippen LogP) is 3.63. The van der Waals surface area contributed by atoms with E-state index in [0.29, 0.717) is 25.1 Å². The molecule has 3 N–H and O–H groups in total. The van der Waals surface area contributed by atoms with Gasteiger partial charge in [-0.1, -0.05) is 61.9 Å². The quantitative estimate of drug-likeness (QED) is 0.446. The summed E-state index contributed by atoms with van der Waals surface area (Å²) < 4.78 is 5.47. The number of ether oxygens (including phenoxy) is 1. The van der Waals surface area contributed by atoms with Crippen LogP contribution in [0.25, 0.3) is 11.1 Å². The van der Waals surface area contributed by atoms with E-state index < -0.39 is 18.1 Å². The number of thioether (sulfide) groups is 1. The molecule has 1 aliphatic carbocycles. The number of benzene rings is 2. The Kier molecular flexibility index (Phi) is 8.56. The molecule has 0 heterocycles. The molecule has 2 aromatic carbocycles. The molecule has 1 aliphatic rings. The number of carbonyl (C=O) groups is 3. The number of nitrogens with one attached hydrogen (secondary N) is 2. The van der Waals surface area contributed by atoms with E-state index in [0.717, 1.165) is 11.1 Å². The smallest absolute Gasteiger partial charge is 0.407 e. The van der Waals surface area contributed by atoms with E-state index in [4.69, 9.17) is 9.84 Å². The summed E-state index contributed by atoms with van der Waals surface area (Å²) >= 11 is 1.32. The first-order valence-corrected chi connectivity index (χ1v) is 11.9. The van der Waals surface area contributed by atoms with Crippen LogP contribution in [0, 0.1) is 0 Å². The van der Waals surface area contributed by atoms with Crippen molar-refractivity contribution in [3.63, 3.8) is 0 Å². The third-order valence-corrected chi connectivity index (χ3v) is 6.26. The molecular formula is C24H28N2O5S. The fourth-order valence-electron chi connectivity index (χ4n) is 3.82. The number of carbonyl (C=O) groups excluding carboxylic acids is 2. The standard InChI is InChI=1S/C24H28N2O5S/c1-2-7-21(23(28)29)26-22(27)15-32-13-12-25-24(30)31-14-20-18-10-5-3-8-16(18)17-9-4-6-11-19(17)20/h3-6,8-11,20-21H,2,7,12-15H2,1H3,(H,25,30)(H,26,27)(H,28,29)/t21-/m0/s1. The van der Waals surface area contributed by atoms with Gasteiger partial charge in [-0.25, -0.2) is 9.59 Å². The van der Waals surface area contributed by atoms with Crippen LogP contribution < -0.4 is 10.6 Å². The van der Waals surface area contributed by atoms with E-state index in [-0.39, 0.29) is 24.2 Å². The van der Waals surface area contributed by atoms with Gasteiger partial charge in [0, 0.05) is 18.2 Å². The highest BCUT2D eigenvalue weighted by Crippen LogP contribution is 2.44. The Labute approximate surface area is 191 Å². The highest BCUT2D eigenvalue weighted by atomic mass is 32.2. The fraction of sp³-hybridized carbons (Fsp3) is 0.375. The lowest BCUT2D eigenvalue weighted by atomic mass is 9.98. The topological polar surface area (TPSA) is 105 Å². The minimum absolute atomic E-state index is 0.0107. The largest absolute Gasteiger partial charge is 0.480 e. The number of alkyl carbamates (subject to hydrolysis) is 1. The van der Waals surface area contributed by atoms with Crippen molar-refractivity contribution in [1.82, 2.24) is 10.6 Å². The van der Waals surface area contributed by atoms with Crippen LogP contribution in [0.1, 0.15) is 36.8 Å². The summed E-state index contributed by atoms with van der Waals surface area (Å²) in [5.74, 6) is -0.682. The SMILES string of the molecule is CCC[C@H](NC(=O)CSCCNC(=O)OCC1c2ccccc2-c2ccccc21)C(=O)O. The number of hydrogen-bond donors (Lipinski definition) is 3. The number of carboxylic acids is 1. The maximum absolute atomic E-state index is 12.1. The first-order chi connectivity index (χ1) is 15.5. The second-order valence-electron chi connectivity index (χ2n) is 7.55. The van der Waals surface area contributed by atoms with Crippen molar-refractivity contribution >= 4 is 29.7 Å². The van der Waals surface area contributed by atoms with Crippen LogP contribution in [0.5, 0.6) is 0 Å². The van der Waals surface area contributed by atoms with E-state index >= 15 is 0 Å². The summed E-state index contributed by atoms with van der Waals surface area (Å²) in [7, 11) is 0. The number of amides is 2. The molecular weight excluding hydrogens is 428 g/mol. The van der Waals surface area contributed by atoms with E-state index in [1.54, 1.807) is 0 Å². The molecule has 170 valence electrons. The van der Waals surface area contributed by atoms with Gasteiger partial charge in [0.2, 0.25) is 5.91 Å². The molecule has 32 heavy (non-hydrogen) atoms. The van der Waals surface area contributed by atoms with Gasteiger partial charge in [0.25, 0.3) is 0 Å². The Bertz CT molecular complexity index is 919. The fourth-order valence-corrected chi connectivity index (χ4v) is 4.48. The predicted molar refractivity (Wildman–Crippen MR) is 125 cm³/mol. The van der Waals surface area contributed by atoms with Gasteiger partial charge in [0.1, 0.15) is 12.6 Å². The summed E-state index contributed by atoms with van der Waals surface area (Å²) in [6.07, 6.45) is 0.578. The average molecular weight is 457 g/mol. The van der Waals surface area contributed by atoms with Gasteiger partial charge in [-0.3, -0.25) is 4.79 Å². The molecule has 7 nitrogen and oxygen atoms in total. The number of aliphatic carboxylic acids is 1. The van der Waals surface area contributed by atoms with E-state index in [1.807, 2.05) is 31.2 Å². The molecule has 3 rings (SSSR count). The molecule has 0 saturated heterocycles. The third kappa shape index (κ3) is 6.03. The van der Waals surface area contributed by atoms with Crippen LogP contribution >= 0.6 is 11.8 Å². The van der Waals surface area contributed by atoms with Crippen molar-refractivity contribution in [1.29, 1.82) is 0 Å². The van der Waals surface area contributed by atoms with E-state index in [9.17, 15) is 14.4 Å². The summed E-state index contributed by atoms with van der Waals surface area (Å²) in [5.41, 5.74) is 4.67. The number of carboxylic acid groups (broad SMARTS) is 1. The van der Waals surface area contributed by atoms with Gasteiger partial charge in [-0.15, -0.1) is 0 Å². The Morgan fingerprint density at radius 2 is 1.69 bits per heavy atom. The molecule has 8 heteroatoms. The molecule has 2 amide bonds. The second-order valence-corrected chi connectivity index (χ2v) is 8.66. The van der Waals surface area contributed by atoms with E-state index in [2.05, 4.69) is 34.9 Å². The first-order valence-electron chi connectivity index (χ1n) is 10.7. The summed E-state index contributed by atoms with van der Waals surface area (Å²) in [6, 6.07) is 15.5. The van der Waals surface area contributed by atoms with Gasteiger partial charge in [0.05, 0.1) is 5.75 Å². The lowest BCUT2D eigenvalue weighted by molar-refractivity contribution is -0.141. The minimum Gasteiger partial charge on any atom is -0.480 e. The molecule has 0 bridgehead atoms. The molecule has 0 radical (unpaired) electrons. The zero-order valence-electron chi connectivity index (χ0n) is 18.0. The lowest BCUT2D eigenvalue weighted by Gasteiger charge is -2.15. The Morgan fingerprint density at radius 3 is 2.28 bits per heavy atom. The summed E-state index contributed by atoms with van der Waals surface area (Å²) in [4.78, 5) is 35.1. The van der Waals surface area contributed by atoms with Crippen LogP contribution in [-0.2, 0) is 14.3 Å². The second kappa shape index (κ2) is 11.6. The third-order valence-electron chi connectivity index (χ3n) is 5.30. The first kappa shape index (κ1) is 23.7. The van der Waals surface area contributed by atoms with Gasteiger partial charge < -0.3 is 20.5 Å². The average Bonchev–Trinajstić information content (AvgIpc) is 3.11. The number of hydrogen-bond acceptors (Lipinski definition) is 5. The molecule has 0 unspecified atom stereocenters. The molecule has 0 spiro atoms. The van der Waals surface area contributed by atoms with Crippen LogP contribution in [0.3, 0.4) is 0 Å². The highest BCUT2D eigenvalue weighted by molar-refractivity contribution is 7.99. The summed E-state index contributed by atoms with van der Waals surface area (Å²) in [6.45, 7) is 2.47. The molecule has 0 fully saturated rings. The maximum atomic E-state index is 12.1. The molecule has 2 aromatic rings. The van der Waals surface area contributed by atoms with Crippen LogP contribution in [0.15, 0.2) is 48.5 Å². The molecule has 0 aromatic heterocycles. The number of fused-ring (bicyclic) bond motifs is 3. The van der Waals surface area contributed by atoms with Crippen molar-refractivity contribution in [3.05, 3.63) is 59.7 Å². The summed E-state index contributed by atoms with van der Waals surface area (Å²) in [5, 5.41) is 14.3. The Hall–Kier alpha value is -3.00. The number of rotatable bonds is 11. The van der Waals surface area contributed by atoms with Crippen molar-refractivity contribution < 1.29 is 24.2 Å². The zero-order chi connectivity index (χ0) is 22.9. The maximum Gasteiger partial charge on any atom is 0.407 e. The van der Waals surface area contributed by atoms with Crippen molar-refractivity contribution in [2.45, 2.75) is 31.7 Å². The van der Waals surface area contributed by atoms with Crippen LogP contribution in [0.2, 0.25) is 0 Å². The Morgan fingerprint density at radius 1 is 1.06 bits per heavy atom. The van der Waals surface area contributed by atoms with Crippen molar-refractivity contribution in [2.75, 3.05) is 24.7 Å². The van der Waals surface area contributed by atoms with E-state index in [1.165, 1.54) is 22.9 Å². The van der Waals surface area contributed by atoms with Crippen molar-refractivity contribution in [2.24, 2.45) is 0 Å². The lowest BCUT2D eigenvalue weighted by Crippen LogP contribution is -2.41. The van der Waals surface area contributed by atoms with Gasteiger partial charge in [-0.05, 0) is 28.7 Å². The zero-order valence-corrected chi connectivity index (χ0v) is 18.8. The van der Waals surface area contributed by atoms with Gasteiger partial charge in [0.15, 0.2) is 0 Å². The highest BCUT2D eigenvalue weighted by Gasteiger charge is 2.28. The van der Waals surface area contributed by atoms with Gasteiger partial charge in [-0.2, -0.15) is 11.8 Å². The normalized spacial score (nSPS) is 13.0. The van der Waals surface area contributed by atoms with Gasteiger partial charge >= 0.3 is 12.1 Å². The molecule has 0 saturated carbocycles. The molecule has 0 aliphatic heterocycles.